The van der Waals surface area contributed by atoms with Crippen LogP contribution < -0.4 is 10.6 Å². The van der Waals surface area contributed by atoms with Crippen molar-refractivity contribution in [1.29, 1.82) is 0 Å². The Balaban J connectivity index is 2.45. The highest BCUT2D eigenvalue weighted by atomic mass is 31.2. The summed E-state index contributed by atoms with van der Waals surface area (Å²) in [7, 11) is -7.16. The summed E-state index contributed by atoms with van der Waals surface area (Å²) in [4.78, 5) is 0. The Morgan fingerprint density at radius 3 is 1.19 bits per heavy atom. The highest BCUT2D eigenvalue weighted by Gasteiger charge is 2.36. The third kappa shape index (κ3) is 3.54. The van der Waals surface area contributed by atoms with Crippen LogP contribution in [0.15, 0.2) is 12.1 Å². The Labute approximate surface area is 142 Å². The van der Waals surface area contributed by atoms with Gasteiger partial charge in [0.15, 0.2) is 46.5 Å². The van der Waals surface area contributed by atoms with E-state index in [-0.39, 0.29) is 12.1 Å². The zero-order valence-corrected chi connectivity index (χ0v) is 14.2. The van der Waals surface area contributed by atoms with Gasteiger partial charge in [-0.2, -0.15) is 0 Å². The third-order valence-electron chi connectivity index (χ3n) is 3.28. The van der Waals surface area contributed by atoms with E-state index in [2.05, 4.69) is 0 Å². The van der Waals surface area contributed by atoms with Crippen LogP contribution in [0, 0.1) is 46.5 Å². The average Bonchev–Trinajstić information content (AvgIpc) is 2.62. The highest BCUT2D eigenvalue weighted by Crippen LogP contribution is 2.59. The number of benzene rings is 2. The summed E-state index contributed by atoms with van der Waals surface area (Å²) >= 11 is 0. The van der Waals surface area contributed by atoms with E-state index in [4.69, 9.17) is 0 Å². The molecule has 142 valence electrons. The van der Waals surface area contributed by atoms with Crippen molar-refractivity contribution in [2.75, 3.05) is 0 Å². The molecule has 0 aliphatic heterocycles. The normalized spacial score (nSPS) is 15.0. The molecule has 0 amide bonds. The van der Waals surface area contributed by atoms with Gasteiger partial charge >= 0.3 is 0 Å². The van der Waals surface area contributed by atoms with Crippen molar-refractivity contribution in [3.05, 3.63) is 58.7 Å². The molecule has 2 unspecified atom stereocenters. The molecule has 0 fully saturated rings. The SMILES string of the molecule is CC(P(F)c1cc(F)c(F)c(F)c1F)P(F)c1cc(F)c(F)c(F)c1F. The lowest BCUT2D eigenvalue weighted by atomic mass is 10.3. The molecule has 0 radical (unpaired) electrons. The number of halogens is 10. The van der Waals surface area contributed by atoms with Crippen molar-refractivity contribution >= 4 is 27.1 Å². The van der Waals surface area contributed by atoms with Crippen LogP contribution in [-0.4, -0.2) is 5.40 Å². The molecule has 0 aromatic heterocycles. The predicted octanol–water partition coefficient (Wildman–Crippen LogP) is 5.83. The molecule has 2 aromatic carbocycles. The highest BCUT2D eigenvalue weighted by molar-refractivity contribution is 7.78. The molecule has 0 spiro atoms. The van der Waals surface area contributed by atoms with Crippen LogP contribution in [0.2, 0.25) is 0 Å². The van der Waals surface area contributed by atoms with Gasteiger partial charge < -0.3 is 0 Å². The van der Waals surface area contributed by atoms with Crippen LogP contribution in [0.25, 0.3) is 0 Å². The molecule has 0 N–H and O–H groups in total. The van der Waals surface area contributed by atoms with E-state index in [0.29, 0.717) is 0 Å². The Kier molecular flexibility index (Phi) is 6.18. The van der Waals surface area contributed by atoms with Crippen molar-refractivity contribution in [1.82, 2.24) is 0 Å². The molecule has 2 atom stereocenters. The lowest BCUT2D eigenvalue weighted by Crippen LogP contribution is -2.20. The van der Waals surface area contributed by atoms with Crippen molar-refractivity contribution < 1.29 is 43.5 Å². The Hall–Kier alpha value is -1.40. The van der Waals surface area contributed by atoms with E-state index in [9.17, 15) is 43.5 Å². The van der Waals surface area contributed by atoms with Crippen LogP contribution in [0.3, 0.4) is 0 Å². The quantitative estimate of drug-likeness (QED) is 0.250. The second-order valence-corrected chi connectivity index (χ2v) is 9.06. The Morgan fingerprint density at radius 1 is 0.577 bits per heavy atom. The summed E-state index contributed by atoms with van der Waals surface area (Å²) in [6, 6.07) is -0.0530. The van der Waals surface area contributed by atoms with E-state index >= 15 is 0 Å². The average molecular weight is 426 g/mol. The number of hydrogen-bond donors (Lipinski definition) is 0. The third-order valence-corrected chi connectivity index (χ3v) is 7.38. The molecule has 0 saturated heterocycles. The van der Waals surface area contributed by atoms with E-state index in [1.807, 2.05) is 0 Å². The van der Waals surface area contributed by atoms with Crippen LogP contribution in [0.5, 0.6) is 0 Å². The van der Waals surface area contributed by atoms with Crippen molar-refractivity contribution in [2.45, 2.75) is 12.3 Å². The van der Waals surface area contributed by atoms with Crippen LogP contribution in [0.1, 0.15) is 6.92 Å². The fraction of sp³-hybridized carbons (Fsp3) is 0.143. The fourth-order valence-electron chi connectivity index (χ4n) is 1.92. The van der Waals surface area contributed by atoms with Gasteiger partial charge in [0, 0.05) is 0 Å². The second-order valence-electron chi connectivity index (χ2n) is 4.89. The molecule has 0 bridgehead atoms. The minimum Gasteiger partial charge on any atom is -0.221 e. The maximum absolute atomic E-state index is 14.4. The molecule has 0 saturated carbocycles. The molecule has 2 rings (SSSR count). The summed E-state index contributed by atoms with van der Waals surface area (Å²) in [6.07, 6.45) is 0. The lowest BCUT2D eigenvalue weighted by Gasteiger charge is -2.21. The maximum Gasteiger partial charge on any atom is 0.198 e. The minimum absolute atomic E-state index is 0.0265. The molecule has 0 aliphatic carbocycles. The van der Waals surface area contributed by atoms with Gasteiger partial charge in [-0.3, -0.25) is 0 Å². The first-order valence-corrected chi connectivity index (χ1v) is 9.15. The number of rotatable bonds is 4. The van der Waals surface area contributed by atoms with Gasteiger partial charge in [-0.15, -0.1) is 0 Å². The molecule has 0 nitrogen and oxygen atoms in total. The Bertz CT molecular complexity index is 787. The second kappa shape index (κ2) is 7.69. The molecule has 0 heterocycles. The molecule has 26 heavy (non-hydrogen) atoms. The first kappa shape index (κ1) is 20.9. The molecular weight excluding hydrogens is 420 g/mol. The summed E-state index contributed by atoms with van der Waals surface area (Å²) < 4.78 is 134. The maximum atomic E-state index is 14.4. The standard InChI is InChI=1S/C14H6F10P2/c1-4(25(23)7-2-5(15)9(17)13(21)11(7)19)26(24)8-3-6(16)10(18)14(22)12(8)20/h2-4H,1H3. The minimum atomic E-state index is -3.58. The summed E-state index contributed by atoms with van der Waals surface area (Å²) in [6.45, 7) is 0.731. The Morgan fingerprint density at radius 2 is 0.885 bits per heavy atom. The zero-order chi connectivity index (χ0) is 19.9. The molecule has 2 aromatic rings. The summed E-state index contributed by atoms with van der Waals surface area (Å²) in [5, 5.41) is -4.67. The van der Waals surface area contributed by atoms with Crippen molar-refractivity contribution in [2.24, 2.45) is 0 Å². The van der Waals surface area contributed by atoms with Gasteiger partial charge in [-0.05, 0) is 19.1 Å². The van der Waals surface area contributed by atoms with Gasteiger partial charge in [0.05, 0.1) is 16.0 Å². The van der Waals surface area contributed by atoms with E-state index < -0.39 is 79.0 Å². The van der Waals surface area contributed by atoms with E-state index in [1.165, 1.54) is 0 Å². The van der Waals surface area contributed by atoms with Gasteiger partial charge in [0.2, 0.25) is 0 Å². The fourth-order valence-corrected chi connectivity index (χ4v) is 5.23. The summed E-state index contributed by atoms with van der Waals surface area (Å²) in [5.74, 6) is -17.2. The molecule has 12 heteroatoms. The first-order chi connectivity index (χ1) is 12.0. The van der Waals surface area contributed by atoms with Crippen LogP contribution in [-0.2, 0) is 0 Å². The smallest absolute Gasteiger partial charge is 0.198 e. The monoisotopic (exact) mass is 426 g/mol. The van der Waals surface area contributed by atoms with Crippen molar-refractivity contribution in [3.63, 3.8) is 0 Å². The number of hydrogen-bond acceptors (Lipinski definition) is 0. The van der Waals surface area contributed by atoms with E-state index in [0.717, 1.165) is 6.92 Å². The van der Waals surface area contributed by atoms with Gasteiger partial charge in [0.1, 0.15) is 16.5 Å². The molecule has 0 aliphatic rings. The lowest BCUT2D eigenvalue weighted by molar-refractivity contribution is 0.412. The van der Waals surface area contributed by atoms with Crippen molar-refractivity contribution in [3.8, 4) is 0 Å². The van der Waals surface area contributed by atoms with E-state index in [1.54, 1.807) is 0 Å². The molecular formula is C14H6F10P2. The largest absolute Gasteiger partial charge is 0.221 e. The van der Waals surface area contributed by atoms with Crippen LogP contribution in [0.4, 0.5) is 43.5 Å². The summed E-state index contributed by atoms with van der Waals surface area (Å²) in [5.41, 5.74) is 0. The first-order valence-electron chi connectivity index (χ1n) is 6.55. The zero-order valence-electron chi connectivity index (χ0n) is 12.4. The van der Waals surface area contributed by atoms with Gasteiger partial charge in [0.25, 0.3) is 0 Å². The topological polar surface area (TPSA) is 0 Å². The van der Waals surface area contributed by atoms with Crippen LogP contribution >= 0.6 is 16.5 Å². The van der Waals surface area contributed by atoms with Gasteiger partial charge in [-0.25, -0.2) is 43.5 Å². The van der Waals surface area contributed by atoms with Gasteiger partial charge in [-0.1, -0.05) is 0 Å². The predicted molar refractivity (Wildman–Crippen MR) is 77.3 cm³/mol.